The Bertz CT molecular complexity index is 705. The SMILES string of the molecule is COC(=O)C[C@@H](C)SCc1cc(=O)oc2cc(C)ccc12. The molecule has 0 spiro atoms. The maximum absolute atomic E-state index is 11.6. The van der Waals surface area contributed by atoms with E-state index in [2.05, 4.69) is 4.74 Å². The highest BCUT2D eigenvalue weighted by molar-refractivity contribution is 7.99. The molecule has 4 nitrogen and oxygen atoms in total. The second-order valence-electron chi connectivity index (χ2n) is 4.99. The third-order valence-electron chi connectivity index (χ3n) is 3.19. The summed E-state index contributed by atoms with van der Waals surface area (Å²) in [6, 6.07) is 7.35. The number of hydrogen-bond donors (Lipinski definition) is 0. The van der Waals surface area contributed by atoms with Gasteiger partial charge in [0.25, 0.3) is 0 Å². The van der Waals surface area contributed by atoms with E-state index in [1.807, 2.05) is 32.0 Å². The van der Waals surface area contributed by atoms with Crippen LogP contribution in [0.2, 0.25) is 0 Å². The molecule has 0 N–H and O–H groups in total. The minimum absolute atomic E-state index is 0.130. The van der Waals surface area contributed by atoms with Crippen molar-refractivity contribution in [3.05, 3.63) is 45.8 Å². The van der Waals surface area contributed by atoms with Gasteiger partial charge in [-0.05, 0) is 24.1 Å². The van der Waals surface area contributed by atoms with Gasteiger partial charge in [-0.3, -0.25) is 4.79 Å². The lowest BCUT2D eigenvalue weighted by Crippen LogP contribution is -2.09. The van der Waals surface area contributed by atoms with Crippen molar-refractivity contribution in [1.29, 1.82) is 0 Å². The molecule has 1 heterocycles. The number of esters is 1. The monoisotopic (exact) mass is 306 g/mol. The maximum Gasteiger partial charge on any atom is 0.336 e. The molecule has 0 saturated carbocycles. The lowest BCUT2D eigenvalue weighted by molar-refractivity contribution is -0.140. The first-order chi connectivity index (χ1) is 9.99. The highest BCUT2D eigenvalue weighted by atomic mass is 32.2. The number of carbonyl (C=O) groups is 1. The van der Waals surface area contributed by atoms with E-state index in [1.165, 1.54) is 13.2 Å². The van der Waals surface area contributed by atoms with Gasteiger partial charge in [-0.2, -0.15) is 11.8 Å². The molecule has 2 aromatic rings. The highest BCUT2D eigenvalue weighted by Gasteiger charge is 2.12. The number of rotatable bonds is 5. The van der Waals surface area contributed by atoms with Crippen molar-refractivity contribution in [2.75, 3.05) is 7.11 Å². The Labute approximate surface area is 127 Å². The van der Waals surface area contributed by atoms with E-state index in [1.54, 1.807) is 11.8 Å². The number of benzene rings is 1. The Hall–Kier alpha value is -1.75. The molecule has 0 aliphatic carbocycles. The first kappa shape index (κ1) is 15.6. The van der Waals surface area contributed by atoms with Crippen LogP contribution in [-0.4, -0.2) is 18.3 Å². The van der Waals surface area contributed by atoms with E-state index in [0.717, 1.165) is 16.5 Å². The van der Waals surface area contributed by atoms with Crippen molar-refractivity contribution < 1.29 is 13.9 Å². The largest absolute Gasteiger partial charge is 0.469 e. The zero-order valence-electron chi connectivity index (χ0n) is 12.3. The Morgan fingerprint density at radius 1 is 1.38 bits per heavy atom. The number of methoxy groups -OCH3 is 1. The minimum Gasteiger partial charge on any atom is -0.469 e. The molecule has 0 aliphatic rings. The van der Waals surface area contributed by atoms with Crippen LogP contribution in [0.5, 0.6) is 0 Å². The Balaban J connectivity index is 2.18. The van der Waals surface area contributed by atoms with Crippen molar-refractivity contribution in [3.8, 4) is 0 Å². The summed E-state index contributed by atoms with van der Waals surface area (Å²) in [7, 11) is 1.39. The van der Waals surface area contributed by atoms with Crippen LogP contribution in [0, 0.1) is 6.92 Å². The average molecular weight is 306 g/mol. The molecule has 2 rings (SSSR count). The fraction of sp³-hybridized carbons (Fsp3) is 0.375. The topological polar surface area (TPSA) is 56.5 Å². The summed E-state index contributed by atoms with van der Waals surface area (Å²) in [6.07, 6.45) is 0.361. The number of thioether (sulfide) groups is 1. The average Bonchev–Trinajstić information content (AvgIpc) is 2.43. The van der Waals surface area contributed by atoms with Gasteiger partial charge in [0.15, 0.2) is 0 Å². The quantitative estimate of drug-likeness (QED) is 0.627. The van der Waals surface area contributed by atoms with Crippen molar-refractivity contribution >= 4 is 28.7 Å². The lowest BCUT2D eigenvalue weighted by Gasteiger charge is -2.11. The van der Waals surface area contributed by atoms with Gasteiger partial charge in [-0.1, -0.05) is 19.1 Å². The molecule has 0 unspecified atom stereocenters. The van der Waals surface area contributed by atoms with Gasteiger partial charge in [0.1, 0.15) is 5.58 Å². The Morgan fingerprint density at radius 2 is 2.14 bits per heavy atom. The Morgan fingerprint density at radius 3 is 2.86 bits per heavy atom. The van der Waals surface area contributed by atoms with E-state index in [-0.39, 0.29) is 16.8 Å². The van der Waals surface area contributed by atoms with Crippen LogP contribution >= 0.6 is 11.8 Å². The predicted molar refractivity (Wildman–Crippen MR) is 84.6 cm³/mol. The smallest absolute Gasteiger partial charge is 0.336 e. The Kier molecular flexibility index (Phi) is 5.07. The van der Waals surface area contributed by atoms with Crippen molar-refractivity contribution in [2.45, 2.75) is 31.3 Å². The summed E-state index contributed by atoms with van der Waals surface area (Å²) in [5.74, 6) is 0.437. The first-order valence-electron chi connectivity index (χ1n) is 6.71. The molecule has 1 aromatic heterocycles. The van der Waals surface area contributed by atoms with Crippen LogP contribution in [0.1, 0.15) is 24.5 Å². The molecular weight excluding hydrogens is 288 g/mol. The van der Waals surface area contributed by atoms with E-state index < -0.39 is 0 Å². The number of carbonyl (C=O) groups excluding carboxylic acids is 1. The molecule has 0 fully saturated rings. The number of hydrogen-bond acceptors (Lipinski definition) is 5. The first-order valence-corrected chi connectivity index (χ1v) is 7.76. The van der Waals surface area contributed by atoms with E-state index in [9.17, 15) is 9.59 Å². The summed E-state index contributed by atoms with van der Waals surface area (Å²) in [4.78, 5) is 22.9. The number of fused-ring (bicyclic) bond motifs is 1. The number of aryl methyl sites for hydroxylation is 1. The highest BCUT2D eigenvalue weighted by Crippen LogP contribution is 2.25. The molecule has 0 amide bonds. The van der Waals surface area contributed by atoms with Crippen LogP contribution in [0.4, 0.5) is 0 Å². The van der Waals surface area contributed by atoms with Crippen LogP contribution in [-0.2, 0) is 15.3 Å². The molecule has 0 aliphatic heterocycles. The van der Waals surface area contributed by atoms with Crippen LogP contribution in [0.15, 0.2) is 33.5 Å². The standard InChI is InChI=1S/C16H18O4S/c1-10-4-5-13-12(8-16(18)20-14(13)6-10)9-21-11(2)7-15(17)19-3/h4-6,8,11H,7,9H2,1-3H3/t11-/m1/s1. The molecule has 0 bridgehead atoms. The van der Waals surface area contributed by atoms with Crippen LogP contribution < -0.4 is 5.63 Å². The minimum atomic E-state index is -0.343. The van der Waals surface area contributed by atoms with Crippen molar-refractivity contribution in [3.63, 3.8) is 0 Å². The fourth-order valence-electron chi connectivity index (χ4n) is 2.07. The summed E-state index contributed by atoms with van der Waals surface area (Å²) >= 11 is 1.62. The van der Waals surface area contributed by atoms with E-state index >= 15 is 0 Å². The summed E-state index contributed by atoms with van der Waals surface area (Å²) in [5, 5.41) is 1.07. The van der Waals surface area contributed by atoms with E-state index in [0.29, 0.717) is 17.8 Å². The second kappa shape index (κ2) is 6.80. The predicted octanol–water partition coefficient (Wildman–Crippen LogP) is 3.29. The summed E-state index contributed by atoms with van der Waals surface area (Å²) in [6.45, 7) is 3.93. The molecule has 1 aromatic carbocycles. The third-order valence-corrected chi connectivity index (χ3v) is 4.40. The molecule has 0 radical (unpaired) electrons. The zero-order chi connectivity index (χ0) is 15.4. The van der Waals surface area contributed by atoms with Crippen molar-refractivity contribution in [2.24, 2.45) is 0 Å². The van der Waals surface area contributed by atoms with Crippen LogP contribution in [0.25, 0.3) is 11.0 Å². The molecule has 1 atom stereocenters. The number of ether oxygens (including phenoxy) is 1. The van der Waals surface area contributed by atoms with Gasteiger partial charge in [-0.15, -0.1) is 0 Å². The lowest BCUT2D eigenvalue weighted by atomic mass is 10.1. The molecule has 0 saturated heterocycles. The third kappa shape index (κ3) is 4.11. The van der Waals surface area contributed by atoms with Crippen LogP contribution in [0.3, 0.4) is 0 Å². The van der Waals surface area contributed by atoms with Gasteiger partial charge in [0, 0.05) is 22.5 Å². The van der Waals surface area contributed by atoms with Crippen molar-refractivity contribution in [1.82, 2.24) is 0 Å². The second-order valence-corrected chi connectivity index (χ2v) is 6.42. The summed E-state index contributed by atoms with van der Waals surface area (Å²) < 4.78 is 9.89. The van der Waals surface area contributed by atoms with Gasteiger partial charge in [0.2, 0.25) is 0 Å². The molecule has 21 heavy (non-hydrogen) atoms. The normalized spacial score (nSPS) is 12.3. The molecule has 5 heteroatoms. The fourth-order valence-corrected chi connectivity index (χ4v) is 3.02. The van der Waals surface area contributed by atoms with Gasteiger partial charge >= 0.3 is 11.6 Å². The maximum atomic E-state index is 11.6. The molecular formula is C16H18O4S. The zero-order valence-corrected chi connectivity index (χ0v) is 13.2. The molecule has 112 valence electrons. The summed E-state index contributed by atoms with van der Waals surface area (Å²) in [5.41, 5.74) is 2.25. The van der Waals surface area contributed by atoms with Gasteiger partial charge < -0.3 is 9.15 Å². The van der Waals surface area contributed by atoms with Gasteiger partial charge in [0.05, 0.1) is 13.5 Å². The van der Waals surface area contributed by atoms with Gasteiger partial charge in [-0.25, -0.2) is 4.79 Å². The van der Waals surface area contributed by atoms with E-state index in [4.69, 9.17) is 4.42 Å².